The van der Waals surface area contributed by atoms with Gasteiger partial charge in [0.05, 0.1) is 26.9 Å². The maximum Gasteiger partial charge on any atom is 0.230 e. The fourth-order valence-electron chi connectivity index (χ4n) is 2.66. The average Bonchev–Trinajstić information content (AvgIpc) is 3.17. The van der Waals surface area contributed by atoms with Crippen molar-refractivity contribution < 1.29 is 4.79 Å². The number of thioether (sulfide) groups is 1. The predicted molar refractivity (Wildman–Crippen MR) is 108 cm³/mol. The minimum atomic E-state index is -0.0463. The lowest BCUT2D eigenvalue weighted by Gasteiger charge is -2.02. The second-order valence-corrected chi connectivity index (χ2v) is 8.73. The summed E-state index contributed by atoms with van der Waals surface area (Å²) >= 11 is 4.83. The van der Waals surface area contributed by atoms with Gasteiger partial charge < -0.3 is 5.32 Å². The number of rotatable bonds is 4. The molecule has 4 nitrogen and oxygen atoms in total. The molecule has 25 heavy (non-hydrogen) atoms. The molecule has 7 heteroatoms. The van der Waals surface area contributed by atoms with Gasteiger partial charge in [0.25, 0.3) is 0 Å². The minimum Gasteiger partial charge on any atom is -0.302 e. The molecule has 2 aromatic carbocycles. The van der Waals surface area contributed by atoms with E-state index in [-0.39, 0.29) is 5.91 Å². The normalized spacial score (nSPS) is 11.3. The summed E-state index contributed by atoms with van der Waals surface area (Å²) in [6.07, 6.45) is 2.38. The van der Waals surface area contributed by atoms with Gasteiger partial charge >= 0.3 is 0 Å². The molecule has 4 aromatic rings. The molecule has 4 rings (SSSR count). The van der Waals surface area contributed by atoms with Crippen LogP contribution >= 0.6 is 34.4 Å². The molecule has 0 aliphatic heterocycles. The molecule has 0 fully saturated rings. The van der Waals surface area contributed by atoms with Crippen molar-refractivity contribution in [3.63, 3.8) is 0 Å². The van der Waals surface area contributed by atoms with Crippen LogP contribution in [0.15, 0.2) is 40.7 Å². The number of carbonyl (C=O) groups is 1. The lowest BCUT2D eigenvalue weighted by molar-refractivity contribution is -0.115. The third-order valence-electron chi connectivity index (χ3n) is 3.76. The largest absolute Gasteiger partial charge is 0.302 e. The molecule has 0 spiro atoms. The Balaban J connectivity index is 1.60. The van der Waals surface area contributed by atoms with Gasteiger partial charge in [0, 0.05) is 0 Å². The molecule has 0 saturated heterocycles. The summed E-state index contributed by atoms with van der Waals surface area (Å²) in [7, 11) is 0. The van der Waals surface area contributed by atoms with E-state index < -0.39 is 0 Å². The van der Waals surface area contributed by atoms with Gasteiger partial charge in [0.2, 0.25) is 5.91 Å². The van der Waals surface area contributed by atoms with E-state index in [0.29, 0.717) is 11.6 Å². The summed E-state index contributed by atoms with van der Waals surface area (Å²) in [5.41, 5.74) is 4.05. The van der Waals surface area contributed by atoms with Crippen molar-refractivity contribution in [2.75, 3.05) is 11.6 Å². The Bertz CT molecular complexity index is 1080. The van der Waals surface area contributed by atoms with Crippen molar-refractivity contribution in [1.82, 2.24) is 9.97 Å². The summed E-state index contributed by atoms with van der Waals surface area (Å²) < 4.78 is 3.26. The zero-order valence-corrected chi connectivity index (χ0v) is 16.1. The Labute approximate surface area is 157 Å². The molecule has 1 N–H and O–H groups in total. The highest BCUT2D eigenvalue weighted by molar-refractivity contribution is 8.00. The number of nitrogens with zero attached hydrogens (tertiary/aromatic N) is 2. The van der Waals surface area contributed by atoms with Crippen molar-refractivity contribution in [3.05, 3.63) is 47.5 Å². The van der Waals surface area contributed by atoms with Crippen LogP contribution in [0.5, 0.6) is 0 Å². The number of benzene rings is 2. The number of anilines is 1. The van der Waals surface area contributed by atoms with E-state index in [9.17, 15) is 4.79 Å². The molecule has 0 unspecified atom stereocenters. The monoisotopic (exact) mass is 385 g/mol. The van der Waals surface area contributed by atoms with Crippen molar-refractivity contribution in [1.29, 1.82) is 0 Å². The summed E-state index contributed by atoms with van der Waals surface area (Å²) in [6.45, 7) is 2.03. The summed E-state index contributed by atoms with van der Waals surface area (Å²) in [5.74, 6) is -0.0463. The van der Waals surface area contributed by atoms with Gasteiger partial charge in [-0.3, -0.25) is 4.79 Å². The lowest BCUT2D eigenvalue weighted by Crippen LogP contribution is -2.14. The van der Waals surface area contributed by atoms with Gasteiger partial charge in [-0.2, -0.15) is 0 Å². The second kappa shape index (κ2) is 6.74. The molecular weight excluding hydrogens is 370 g/mol. The molecule has 0 saturated carbocycles. The Morgan fingerprint density at radius 2 is 1.88 bits per heavy atom. The molecular formula is C18H15N3OS3. The molecule has 2 aromatic heterocycles. The standard InChI is InChI=1S/C18H15N3OS3/c1-10-4-3-5-11(8-10)9-14(22)21-17-19-12-6-7-13-16(15(12)24-17)25-18(20-13)23-2/h3-8H,9H2,1-2H3,(H,19,21,22). The Kier molecular flexibility index (Phi) is 4.45. The Morgan fingerprint density at radius 1 is 1.12 bits per heavy atom. The zero-order valence-electron chi connectivity index (χ0n) is 13.7. The third kappa shape index (κ3) is 3.40. The van der Waals surface area contributed by atoms with Crippen LogP contribution in [0, 0.1) is 6.92 Å². The van der Waals surface area contributed by atoms with Crippen LogP contribution < -0.4 is 5.32 Å². The predicted octanol–water partition coefficient (Wildman–Crippen LogP) is 5.12. The number of amides is 1. The van der Waals surface area contributed by atoms with E-state index in [4.69, 9.17) is 0 Å². The van der Waals surface area contributed by atoms with Gasteiger partial charge in [0.15, 0.2) is 9.47 Å². The van der Waals surface area contributed by atoms with Crippen LogP contribution in [0.1, 0.15) is 11.1 Å². The first-order chi connectivity index (χ1) is 12.1. The number of aromatic nitrogens is 2. The molecule has 126 valence electrons. The highest BCUT2D eigenvalue weighted by Crippen LogP contribution is 2.37. The van der Waals surface area contributed by atoms with Crippen molar-refractivity contribution in [2.45, 2.75) is 17.7 Å². The number of hydrogen-bond acceptors (Lipinski definition) is 6. The molecule has 0 aliphatic rings. The summed E-state index contributed by atoms with van der Waals surface area (Å²) in [5, 5.41) is 3.57. The minimum absolute atomic E-state index is 0.0463. The summed E-state index contributed by atoms with van der Waals surface area (Å²) in [4.78, 5) is 21.5. The lowest BCUT2D eigenvalue weighted by atomic mass is 10.1. The first-order valence-electron chi connectivity index (χ1n) is 7.72. The fraction of sp³-hybridized carbons (Fsp3) is 0.167. The third-order valence-corrected chi connectivity index (χ3v) is 6.97. The van der Waals surface area contributed by atoms with E-state index in [1.54, 1.807) is 23.1 Å². The molecule has 0 aliphatic carbocycles. The molecule has 0 atom stereocenters. The topological polar surface area (TPSA) is 54.9 Å². The average molecular weight is 386 g/mol. The number of fused-ring (bicyclic) bond motifs is 3. The van der Waals surface area contributed by atoms with E-state index in [0.717, 1.165) is 35.9 Å². The van der Waals surface area contributed by atoms with E-state index in [1.165, 1.54) is 11.3 Å². The zero-order chi connectivity index (χ0) is 17.4. The highest BCUT2D eigenvalue weighted by atomic mass is 32.2. The maximum absolute atomic E-state index is 12.3. The van der Waals surface area contributed by atoms with Crippen LogP contribution in [0.25, 0.3) is 20.4 Å². The van der Waals surface area contributed by atoms with E-state index in [1.807, 2.05) is 49.6 Å². The van der Waals surface area contributed by atoms with Gasteiger partial charge in [-0.25, -0.2) is 9.97 Å². The first kappa shape index (κ1) is 16.5. The molecule has 2 heterocycles. The second-order valence-electron chi connectivity index (χ2n) is 5.68. The first-order valence-corrected chi connectivity index (χ1v) is 10.6. The smallest absolute Gasteiger partial charge is 0.230 e. The summed E-state index contributed by atoms with van der Waals surface area (Å²) in [6, 6.07) is 12.0. The molecule has 1 amide bonds. The van der Waals surface area contributed by atoms with E-state index >= 15 is 0 Å². The van der Waals surface area contributed by atoms with Gasteiger partial charge in [0.1, 0.15) is 0 Å². The molecule has 0 radical (unpaired) electrons. The number of nitrogens with one attached hydrogen (secondary N) is 1. The van der Waals surface area contributed by atoms with Crippen molar-refractivity contribution in [2.24, 2.45) is 0 Å². The van der Waals surface area contributed by atoms with Crippen LogP contribution in [0.3, 0.4) is 0 Å². The van der Waals surface area contributed by atoms with Crippen molar-refractivity contribution in [3.8, 4) is 0 Å². The van der Waals surface area contributed by atoms with Gasteiger partial charge in [-0.1, -0.05) is 52.9 Å². The van der Waals surface area contributed by atoms with Gasteiger partial charge in [-0.05, 0) is 30.9 Å². The van der Waals surface area contributed by atoms with Crippen LogP contribution in [-0.2, 0) is 11.2 Å². The maximum atomic E-state index is 12.3. The van der Waals surface area contributed by atoms with E-state index in [2.05, 4.69) is 15.3 Å². The van der Waals surface area contributed by atoms with Crippen LogP contribution in [0.2, 0.25) is 0 Å². The van der Waals surface area contributed by atoms with Crippen molar-refractivity contribution >= 4 is 65.9 Å². The number of aryl methyl sites for hydroxylation is 1. The quantitative estimate of drug-likeness (QED) is 0.496. The van der Waals surface area contributed by atoms with Crippen LogP contribution in [0.4, 0.5) is 5.13 Å². The van der Waals surface area contributed by atoms with Crippen LogP contribution in [-0.4, -0.2) is 22.1 Å². The molecule has 0 bridgehead atoms. The number of hydrogen-bond donors (Lipinski definition) is 1. The Morgan fingerprint density at radius 3 is 2.64 bits per heavy atom. The number of thiazole rings is 2. The SMILES string of the molecule is CSc1nc2ccc3nc(NC(=O)Cc4cccc(C)c4)sc3c2s1. The highest BCUT2D eigenvalue weighted by Gasteiger charge is 2.13. The number of carbonyl (C=O) groups excluding carboxylic acids is 1. The fourth-order valence-corrected chi connectivity index (χ4v) is 5.34. The Hall–Kier alpha value is -1.96. The van der Waals surface area contributed by atoms with Gasteiger partial charge in [-0.15, -0.1) is 11.3 Å².